The molecule has 0 bridgehead atoms. The summed E-state index contributed by atoms with van der Waals surface area (Å²) >= 11 is 0. The number of nitrogens with zero attached hydrogens (tertiary/aromatic N) is 1. The zero-order valence-corrected chi connectivity index (χ0v) is 17.5. The fraction of sp³-hybridized carbons (Fsp3) is 0.381. The summed E-state index contributed by atoms with van der Waals surface area (Å²) in [7, 11) is 4.55. The van der Waals surface area contributed by atoms with Crippen molar-refractivity contribution in [3.8, 4) is 23.0 Å². The molecular weight excluding hydrogens is 396 g/mol. The molecule has 2 rings (SSSR count). The minimum atomic E-state index is -2.92. The summed E-state index contributed by atoms with van der Waals surface area (Å²) in [4.78, 5) is 4.54. The predicted molar refractivity (Wildman–Crippen MR) is 112 cm³/mol. The number of aliphatic imine (C=N–C) groups is 1. The van der Waals surface area contributed by atoms with Crippen molar-refractivity contribution < 1.29 is 27.7 Å². The maximum absolute atomic E-state index is 12.6. The third kappa shape index (κ3) is 6.68. The molecule has 0 saturated carbocycles. The van der Waals surface area contributed by atoms with Crippen molar-refractivity contribution in [2.24, 2.45) is 4.99 Å². The molecule has 0 radical (unpaired) electrons. The summed E-state index contributed by atoms with van der Waals surface area (Å²) in [5.41, 5.74) is 1.58. The molecule has 0 aliphatic rings. The van der Waals surface area contributed by atoms with Crippen LogP contribution in [0.2, 0.25) is 0 Å². The Hall–Kier alpha value is -3.23. The molecule has 2 aromatic carbocycles. The van der Waals surface area contributed by atoms with E-state index in [-0.39, 0.29) is 11.5 Å². The molecule has 0 saturated heterocycles. The Bertz CT molecular complexity index is 847. The highest BCUT2D eigenvalue weighted by atomic mass is 19.3. The van der Waals surface area contributed by atoms with Crippen LogP contribution in [0.25, 0.3) is 0 Å². The van der Waals surface area contributed by atoms with E-state index in [1.165, 1.54) is 13.2 Å². The van der Waals surface area contributed by atoms with Gasteiger partial charge in [0.1, 0.15) is 0 Å². The molecule has 7 nitrogen and oxygen atoms in total. The monoisotopic (exact) mass is 423 g/mol. The van der Waals surface area contributed by atoms with Crippen molar-refractivity contribution in [3.05, 3.63) is 42.0 Å². The van der Waals surface area contributed by atoms with Crippen molar-refractivity contribution in [2.45, 2.75) is 20.0 Å². The van der Waals surface area contributed by atoms with Crippen LogP contribution in [0.4, 0.5) is 14.5 Å². The number of nitrogens with one attached hydrogen (secondary N) is 2. The van der Waals surface area contributed by atoms with Gasteiger partial charge in [0, 0.05) is 24.8 Å². The highest BCUT2D eigenvalue weighted by Gasteiger charge is 2.11. The van der Waals surface area contributed by atoms with Crippen LogP contribution in [0, 0.1) is 0 Å². The lowest BCUT2D eigenvalue weighted by molar-refractivity contribution is -0.0512. The summed E-state index contributed by atoms with van der Waals surface area (Å²) in [6, 6.07) is 10.4. The first-order valence-electron chi connectivity index (χ1n) is 9.39. The average Bonchev–Trinajstić information content (AvgIpc) is 2.73. The normalized spacial score (nSPS) is 11.2. The van der Waals surface area contributed by atoms with Crippen LogP contribution in [-0.4, -0.2) is 47.0 Å². The number of rotatable bonds is 10. The summed E-state index contributed by atoms with van der Waals surface area (Å²) in [6.07, 6.45) is 0.534. The van der Waals surface area contributed by atoms with E-state index >= 15 is 0 Å². The molecule has 0 aromatic heterocycles. The van der Waals surface area contributed by atoms with Gasteiger partial charge in [-0.2, -0.15) is 8.78 Å². The number of hydrogen-bond donors (Lipinski definition) is 2. The maximum atomic E-state index is 12.6. The molecule has 0 heterocycles. The van der Waals surface area contributed by atoms with E-state index in [0.717, 1.165) is 11.3 Å². The number of ether oxygens (including phenoxy) is 4. The zero-order valence-electron chi connectivity index (χ0n) is 17.5. The number of halogens is 2. The fourth-order valence-corrected chi connectivity index (χ4v) is 2.72. The largest absolute Gasteiger partial charge is 0.493 e. The van der Waals surface area contributed by atoms with Gasteiger partial charge in [-0.15, -0.1) is 0 Å². The molecule has 0 aliphatic carbocycles. The predicted octanol–water partition coefficient (Wildman–Crippen LogP) is 3.93. The molecule has 0 atom stereocenters. The van der Waals surface area contributed by atoms with Crippen molar-refractivity contribution in [1.29, 1.82) is 0 Å². The molecule has 2 aromatic rings. The Balaban J connectivity index is 2.08. The van der Waals surface area contributed by atoms with E-state index in [1.807, 2.05) is 19.1 Å². The molecule has 9 heteroatoms. The SMILES string of the molecule is CCNC(=NCCc1ccc(OC)c(OC(F)F)c1)Nc1ccc(OC)c(OC)c1. The van der Waals surface area contributed by atoms with E-state index in [4.69, 9.17) is 14.2 Å². The van der Waals surface area contributed by atoms with E-state index in [9.17, 15) is 8.78 Å². The van der Waals surface area contributed by atoms with Crippen molar-refractivity contribution >= 4 is 11.6 Å². The smallest absolute Gasteiger partial charge is 0.387 e. The fourth-order valence-electron chi connectivity index (χ4n) is 2.72. The van der Waals surface area contributed by atoms with Crippen LogP contribution in [0.1, 0.15) is 12.5 Å². The Morgan fingerprint density at radius 1 is 0.933 bits per heavy atom. The summed E-state index contributed by atoms with van der Waals surface area (Å²) in [5, 5.41) is 6.37. The maximum Gasteiger partial charge on any atom is 0.387 e. The molecule has 0 unspecified atom stereocenters. The van der Waals surface area contributed by atoms with Crippen LogP contribution < -0.4 is 29.6 Å². The van der Waals surface area contributed by atoms with Gasteiger partial charge in [-0.25, -0.2) is 0 Å². The van der Waals surface area contributed by atoms with Gasteiger partial charge in [-0.05, 0) is 43.2 Å². The second kappa shape index (κ2) is 11.7. The average molecular weight is 423 g/mol. The lowest BCUT2D eigenvalue weighted by atomic mass is 10.1. The zero-order chi connectivity index (χ0) is 21.9. The van der Waals surface area contributed by atoms with Gasteiger partial charge in [-0.1, -0.05) is 6.07 Å². The third-order valence-corrected chi connectivity index (χ3v) is 4.10. The van der Waals surface area contributed by atoms with Gasteiger partial charge in [0.2, 0.25) is 0 Å². The Labute approximate surface area is 175 Å². The number of alkyl halides is 2. The first-order valence-corrected chi connectivity index (χ1v) is 9.39. The Morgan fingerprint density at radius 3 is 2.23 bits per heavy atom. The lowest BCUT2D eigenvalue weighted by Crippen LogP contribution is -2.30. The van der Waals surface area contributed by atoms with Crippen LogP contribution in [-0.2, 0) is 6.42 Å². The number of guanidine groups is 1. The van der Waals surface area contributed by atoms with Crippen molar-refractivity contribution in [1.82, 2.24) is 5.32 Å². The minimum Gasteiger partial charge on any atom is -0.493 e. The number of methoxy groups -OCH3 is 3. The molecule has 164 valence electrons. The quantitative estimate of drug-likeness (QED) is 0.446. The van der Waals surface area contributed by atoms with E-state index in [1.54, 1.807) is 32.4 Å². The Morgan fingerprint density at radius 2 is 1.60 bits per heavy atom. The highest BCUT2D eigenvalue weighted by molar-refractivity contribution is 5.93. The topological polar surface area (TPSA) is 73.3 Å². The molecule has 2 N–H and O–H groups in total. The second-order valence-corrected chi connectivity index (χ2v) is 6.07. The van der Waals surface area contributed by atoms with Crippen molar-refractivity contribution in [3.63, 3.8) is 0 Å². The van der Waals surface area contributed by atoms with Gasteiger partial charge in [0.15, 0.2) is 29.0 Å². The number of benzene rings is 2. The van der Waals surface area contributed by atoms with Gasteiger partial charge < -0.3 is 29.6 Å². The number of anilines is 1. The van der Waals surface area contributed by atoms with E-state index < -0.39 is 6.61 Å². The minimum absolute atomic E-state index is 0.00402. The van der Waals surface area contributed by atoms with Gasteiger partial charge in [0.05, 0.1) is 21.3 Å². The third-order valence-electron chi connectivity index (χ3n) is 4.10. The molecule has 0 fully saturated rings. The second-order valence-electron chi connectivity index (χ2n) is 6.07. The van der Waals surface area contributed by atoms with Gasteiger partial charge in [0.25, 0.3) is 0 Å². The standard InChI is InChI=1S/C21H27F2N3O4/c1-5-24-21(26-15-7-9-16(27-2)18(13-15)29-4)25-11-10-14-6-8-17(28-3)19(12-14)30-20(22)23/h6-9,12-13,20H,5,10-11H2,1-4H3,(H2,24,25,26). The first-order chi connectivity index (χ1) is 14.5. The van der Waals surface area contributed by atoms with E-state index in [0.29, 0.717) is 37.0 Å². The molecule has 30 heavy (non-hydrogen) atoms. The van der Waals surface area contributed by atoms with Crippen LogP contribution in [0.15, 0.2) is 41.4 Å². The lowest BCUT2D eigenvalue weighted by Gasteiger charge is -2.14. The van der Waals surface area contributed by atoms with Gasteiger partial charge in [-0.3, -0.25) is 4.99 Å². The number of hydrogen-bond acceptors (Lipinski definition) is 5. The first kappa shape index (κ1) is 23.1. The molecule has 0 spiro atoms. The highest BCUT2D eigenvalue weighted by Crippen LogP contribution is 2.30. The Kier molecular flexibility index (Phi) is 8.99. The van der Waals surface area contributed by atoms with Crippen LogP contribution in [0.5, 0.6) is 23.0 Å². The summed E-state index contributed by atoms with van der Waals surface area (Å²) in [5.74, 6) is 2.08. The van der Waals surface area contributed by atoms with E-state index in [2.05, 4.69) is 20.4 Å². The summed E-state index contributed by atoms with van der Waals surface area (Å²) in [6.45, 7) is 0.151. The molecular formula is C21H27F2N3O4. The molecule has 0 aliphatic heterocycles. The summed E-state index contributed by atoms with van der Waals surface area (Å²) < 4.78 is 45.3. The molecule has 0 amide bonds. The van der Waals surface area contributed by atoms with Crippen molar-refractivity contribution in [2.75, 3.05) is 39.7 Å². The van der Waals surface area contributed by atoms with Gasteiger partial charge >= 0.3 is 6.61 Å². The van der Waals surface area contributed by atoms with Crippen LogP contribution in [0.3, 0.4) is 0 Å². The van der Waals surface area contributed by atoms with Crippen LogP contribution >= 0.6 is 0 Å².